The minimum Gasteiger partial charge on any atom is -0.398 e. The average Bonchev–Trinajstić information content (AvgIpc) is 2.53. The van der Waals surface area contributed by atoms with Crippen LogP contribution in [0.3, 0.4) is 0 Å². The van der Waals surface area contributed by atoms with Crippen molar-refractivity contribution in [3.05, 3.63) is 36.4 Å². The minimum atomic E-state index is -0.258. The van der Waals surface area contributed by atoms with Crippen LogP contribution in [0.25, 0.3) is 0 Å². The van der Waals surface area contributed by atoms with E-state index in [9.17, 15) is 4.79 Å². The third-order valence-corrected chi connectivity index (χ3v) is 3.68. The highest BCUT2D eigenvalue weighted by molar-refractivity contribution is 6.12. The van der Waals surface area contributed by atoms with Crippen LogP contribution in [-0.2, 0) is 0 Å². The Hall–Kier alpha value is -2.30. The molecule has 1 amide bonds. The van der Waals surface area contributed by atoms with Gasteiger partial charge in [-0.1, -0.05) is 6.58 Å². The van der Waals surface area contributed by atoms with Gasteiger partial charge in [-0.25, -0.2) is 0 Å². The molecule has 5 heteroatoms. The number of hydrogen-bond donors (Lipinski definition) is 2. The first-order valence-corrected chi connectivity index (χ1v) is 7.20. The van der Waals surface area contributed by atoms with Crippen LogP contribution >= 0.6 is 0 Å². The van der Waals surface area contributed by atoms with Gasteiger partial charge in [0.2, 0.25) is 0 Å². The molecule has 5 nitrogen and oxygen atoms in total. The second-order valence-electron chi connectivity index (χ2n) is 5.09. The fourth-order valence-electron chi connectivity index (χ4n) is 2.47. The summed E-state index contributed by atoms with van der Waals surface area (Å²) in [7, 11) is 1.60. The molecule has 1 aromatic rings. The number of amides is 1. The number of hydrogen-bond acceptors (Lipinski definition) is 4. The average molecular weight is 286 g/mol. The predicted molar refractivity (Wildman–Crippen MR) is 87.9 cm³/mol. The molecule has 0 saturated carbocycles. The van der Waals surface area contributed by atoms with Crippen molar-refractivity contribution in [2.75, 3.05) is 30.8 Å². The lowest BCUT2D eigenvalue weighted by molar-refractivity contribution is 0.0978. The first-order chi connectivity index (χ1) is 10.2. The third kappa shape index (κ3) is 3.62. The second-order valence-corrected chi connectivity index (χ2v) is 5.09. The van der Waals surface area contributed by atoms with Crippen LogP contribution in [0.5, 0.6) is 0 Å². The number of piperidine rings is 1. The van der Waals surface area contributed by atoms with E-state index in [0.717, 1.165) is 18.8 Å². The highest BCUT2D eigenvalue weighted by Crippen LogP contribution is 2.24. The number of aliphatic imine (C=N–C) groups is 1. The lowest BCUT2D eigenvalue weighted by Crippen LogP contribution is -2.31. The topological polar surface area (TPSA) is 70.7 Å². The Morgan fingerprint density at radius 2 is 2.10 bits per heavy atom. The van der Waals surface area contributed by atoms with Crippen molar-refractivity contribution in [2.24, 2.45) is 4.99 Å². The number of amidine groups is 1. The summed E-state index contributed by atoms with van der Waals surface area (Å²) in [5.74, 6) is 0.176. The summed E-state index contributed by atoms with van der Waals surface area (Å²) in [5.41, 5.74) is 7.92. The van der Waals surface area contributed by atoms with Crippen molar-refractivity contribution < 1.29 is 4.79 Å². The first-order valence-electron chi connectivity index (χ1n) is 7.20. The molecule has 0 aromatic heterocycles. The second kappa shape index (κ2) is 6.92. The largest absolute Gasteiger partial charge is 0.398 e. The number of carbonyl (C=O) groups is 1. The van der Waals surface area contributed by atoms with Crippen molar-refractivity contribution in [1.82, 2.24) is 5.32 Å². The summed E-state index contributed by atoms with van der Waals surface area (Å²) in [4.78, 5) is 18.5. The van der Waals surface area contributed by atoms with Gasteiger partial charge in [0.15, 0.2) is 0 Å². The number of nitrogens with two attached hydrogens (primary N) is 1. The van der Waals surface area contributed by atoms with E-state index in [1.807, 2.05) is 12.1 Å². The molecule has 0 atom stereocenters. The van der Waals surface area contributed by atoms with E-state index in [1.54, 1.807) is 13.1 Å². The molecule has 0 radical (unpaired) electrons. The molecule has 0 aliphatic carbocycles. The maximum absolute atomic E-state index is 12.3. The fraction of sp³-hybridized carbons (Fsp3) is 0.375. The Balaban J connectivity index is 2.22. The zero-order chi connectivity index (χ0) is 15.2. The van der Waals surface area contributed by atoms with Crippen LogP contribution < -0.4 is 16.0 Å². The first kappa shape index (κ1) is 15.1. The summed E-state index contributed by atoms with van der Waals surface area (Å²) in [6.07, 6.45) is 5.15. The normalized spacial score (nSPS) is 15.7. The molecular weight excluding hydrogens is 264 g/mol. The minimum absolute atomic E-state index is 0.258. The lowest BCUT2D eigenvalue weighted by atomic mass is 10.1. The Kier molecular flexibility index (Phi) is 4.98. The molecule has 21 heavy (non-hydrogen) atoms. The molecule has 3 N–H and O–H groups in total. The molecule has 2 rings (SSSR count). The van der Waals surface area contributed by atoms with Crippen LogP contribution in [0.1, 0.15) is 29.6 Å². The van der Waals surface area contributed by atoms with E-state index in [2.05, 4.69) is 21.8 Å². The van der Waals surface area contributed by atoms with E-state index in [1.165, 1.54) is 25.3 Å². The number of anilines is 2. The standard InChI is InChI=1S/C16H22N4O/c1-3-15(18-2)19-16(21)13-11-12(7-8-14(13)17)20-9-5-4-6-10-20/h3,7-8,11H,1,4-6,9-10,17H2,2H3,(H,18,19,21). The van der Waals surface area contributed by atoms with E-state index >= 15 is 0 Å². The number of nitrogens with zero attached hydrogens (tertiary/aromatic N) is 2. The van der Waals surface area contributed by atoms with Crippen LogP contribution in [0.15, 0.2) is 35.8 Å². The van der Waals surface area contributed by atoms with Crippen molar-refractivity contribution >= 4 is 23.1 Å². The molecule has 1 aliphatic rings. The van der Waals surface area contributed by atoms with Gasteiger partial charge >= 0.3 is 0 Å². The number of nitrogens with one attached hydrogen (secondary N) is 1. The van der Waals surface area contributed by atoms with Gasteiger partial charge in [-0.05, 0) is 43.5 Å². The number of benzene rings is 1. The zero-order valence-electron chi connectivity index (χ0n) is 12.4. The van der Waals surface area contributed by atoms with Gasteiger partial charge in [-0.2, -0.15) is 0 Å². The summed E-state index contributed by atoms with van der Waals surface area (Å²) in [5, 5.41) is 2.70. The van der Waals surface area contributed by atoms with Crippen molar-refractivity contribution in [3.63, 3.8) is 0 Å². The lowest BCUT2D eigenvalue weighted by Gasteiger charge is -2.29. The molecule has 1 saturated heterocycles. The summed E-state index contributed by atoms with van der Waals surface area (Å²) in [6.45, 7) is 5.66. The van der Waals surface area contributed by atoms with Crippen LogP contribution in [-0.4, -0.2) is 31.9 Å². The SMILES string of the molecule is C=CC(=NC)NC(=O)c1cc(N2CCCCC2)ccc1N. The Morgan fingerprint density at radius 3 is 2.71 bits per heavy atom. The Bertz CT molecular complexity index is 559. The van der Waals surface area contributed by atoms with E-state index in [-0.39, 0.29) is 5.91 Å². The van der Waals surface area contributed by atoms with Gasteiger partial charge in [0.1, 0.15) is 5.84 Å². The number of nitrogen functional groups attached to an aromatic ring is 1. The van der Waals surface area contributed by atoms with Crippen LogP contribution in [0.4, 0.5) is 11.4 Å². The molecular formula is C16H22N4O. The van der Waals surface area contributed by atoms with Gasteiger partial charge in [0.05, 0.1) is 5.56 Å². The van der Waals surface area contributed by atoms with Gasteiger partial charge in [0.25, 0.3) is 5.91 Å². The quantitative estimate of drug-likeness (QED) is 0.508. The smallest absolute Gasteiger partial charge is 0.258 e. The molecule has 1 heterocycles. The van der Waals surface area contributed by atoms with Gasteiger partial charge in [-0.15, -0.1) is 0 Å². The highest BCUT2D eigenvalue weighted by Gasteiger charge is 2.16. The molecule has 1 aliphatic heterocycles. The third-order valence-electron chi connectivity index (χ3n) is 3.68. The monoisotopic (exact) mass is 286 g/mol. The van der Waals surface area contributed by atoms with Gasteiger partial charge < -0.3 is 16.0 Å². The van der Waals surface area contributed by atoms with Crippen molar-refractivity contribution in [3.8, 4) is 0 Å². The Morgan fingerprint density at radius 1 is 1.38 bits per heavy atom. The molecule has 0 bridgehead atoms. The highest BCUT2D eigenvalue weighted by atomic mass is 16.1. The maximum Gasteiger partial charge on any atom is 0.258 e. The van der Waals surface area contributed by atoms with Crippen molar-refractivity contribution in [1.29, 1.82) is 0 Å². The van der Waals surface area contributed by atoms with E-state index in [4.69, 9.17) is 5.73 Å². The predicted octanol–water partition coefficient (Wildman–Crippen LogP) is 2.20. The maximum atomic E-state index is 12.3. The molecule has 1 fully saturated rings. The van der Waals surface area contributed by atoms with Gasteiger partial charge in [-0.3, -0.25) is 9.79 Å². The summed E-state index contributed by atoms with van der Waals surface area (Å²) < 4.78 is 0. The van der Waals surface area contributed by atoms with Crippen LogP contribution in [0, 0.1) is 0 Å². The molecule has 1 aromatic carbocycles. The number of rotatable bonds is 3. The van der Waals surface area contributed by atoms with Gasteiger partial charge in [0, 0.05) is 31.5 Å². The van der Waals surface area contributed by atoms with Crippen LogP contribution in [0.2, 0.25) is 0 Å². The Labute approximate surface area is 125 Å². The van der Waals surface area contributed by atoms with E-state index in [0.29, 0.717) is 17.1 Å². The summed E-state index contributed by atoms with van der Waals surface area (Å²) >= 11 is 0. The molecule has 0 unspecified atom stereocenters. The molecule has 112 valence electrons. The van der Waals surface area contributed by atoms with Crippen molar-refractivity contribution in [2.45, 2.75) is 19.3 Å². The zero-order valence-corrected chi connectivity index (χ0v) is 12.4. The number of carbonyl (C=O) groups excluding carboxylic acids is 1. The van der Waals surface area contributed by atoms with E-state index < -0.39 is 0 Å². The molecule has 0 spiro atoms. The fourth-order valence-corrected chi connectivity index (χ4v) is 2.47. The summed E-state index contributed by atoms with van der Waals surface area (Å²) in [6, 6.07) is 5.61.